The first-order valence-corrected chi connectivity index (χ1v) is 7.50. The van der Waals surface area contributed by atoms with Crippen molar-refractivity contribution < 1.29 is 10.0 Å². The summed E-state index contributed by atoms with van der Waals surface area (Å²) in [5.41, 5.74) is 2.56. The lowest BCUT2D eigenvalue weighted by atomic mass is 10.1. The number of fused-ring (bicyclic) bond motifs is 1. The van der Waals surface area contributed by atoms with Gasteiger partial charge in [0.15, 0.2) is 0 Å². The number of anilines is 1. The minimum atomic E-state index is 0.0311. The molecule has 0 bridgehead atoms. The number of nitrogens with one attached hydrogen (secondary N) is 1. The number of oxime groups is 1. The smallest absolute Gasteiger partial charge is 0.239 e. The summed E-state index contributed by atoms with van der Waals surface area (Å²) in [5.74, 6) is 0.0311. The molecule has 0 spiro atoms. The van der Waals surface area contributed by atoms with Gasteiger partial charge in [-0.05, 0) is 32.3 Å². The molecule has 0 fully saturated rings. The zero-order chi connectivity index (χ0) is 15.2. The predicted molar refractivity (Wildman–Crippen MR) is 84.1 cm³/mol. The van der Waals surface area contributed by atoms with Gasteiger partial charge in [-0.1, -0.05) is 30.3 Å². The van der Waals surface area contributed by atoms with E-state index in [9.17, 15) is 10.0 Å². The lowest BCUT2D eigenvalue weighted by molar-refractivity contribution is -0.120. The summed E-state index contributed by atoms with van der Waals surface area (Å²) < 4.78 is 0. The molecule has 0 radical (unpaired) electrons. The maximum absolute atomic E-state index is 12.1. The van der Waals surface area contributed by atoms with Gasteiger partial charge < -0.3 is 15.4 Å². The third kappa shape index (κ3) is 3.74. The topological polar surface area (TPSA) is 64.9 Å². The SMILES string of the molecule is CCC(C)NC(=O)CN1CCC/C(=N/O)c2ccccc21. The van der Waals surface area contributed by atoms with Gasteiger partial charge in [0.05, 0.1) is 12.3 Å². The zero-order valence-electron chi connectivity index (χ0n) is 12.7. The molecule has 1 atom stereocenters. The summed E-state index contributed by atoms with van der Waals surface area (Å²) in [5, 5.41) is 15.6. The zero-order valence-corrected chi connectivity index (χ0v) is 12.7. The summed E-state index contributed by atoms with van der Waals surface area (Å²) in [4.78, 5) is 14.2. The highest BCUT2D eigenvalue weighted by Crippen LogP contribution is 2.26. The van der Waals surface area contributed by atoms with Gasteiger partial charge in [0.2, 0.25) is 5.91 Å². The van der Waals surface area contributed by atoms with Crippen LogP contribution in [0, 0.1) is 0 Å². The Morgan fingerprint density at radius 2 is 2.24 bits per heavy atom. The molecule has 1 aliphatic heterocycles. The van der Waals surface area contributed by atoms with Crippen molar-refractivity contribution in [1.82, 2.24) is 5.32 Å². The van der Waals surface area contributed by atoms with Gasteiger partial charge in [0, 0.05) is 23.8 Å². The van der Waals surface area contributed by atoms with Crippen molar-refractivity contribution in [2.45, 2.75) is 39.2 Å². The number of nitrogens with zero attached hydrogens (tertiary/aromatic N) is 2. The first-order chi connectivity index (χ1) is 10.2. The van der Waals surface area contributed by atoms with Crippen molar-refractivity contribution in [3.8, 4) is 0 Å². The van der Waals surface area contributed by atoms with E-state index in [1.807, 2.05) is 31.2 Å². The first-order valence-electron chi connectivity index (χ1n) is 7.50. The fraction of sp³-hybridized carbons (Fsp3) is 0.500. The Morgan fingerprint density at radius 3 is 2.95 bits per heavy atom. The largest absolute Gasteiger partial charge is 0.411 e. The normalized spacial score (nSPS) is 18.0. The van der Waals surface area contributed by atoms with Crippen LogP contribution in [0.25, 0.3) is 0 Å². The molecule has 2 rings (SSSR count). The molecule has 1 aromatic rings. The second-order valence-corrected chi connectivity index (χ2v) is 5.47. The van der Waals surface area contributed by atoms with E-state index in [2.05, 4.69) is 22.3 Å². The fourth-order valence-corrected chi connectivity index (χ4v) is 2.55. The van der Waals surface area contributed by atoms with Gasteiger partial charge in [-0.2, -0.15) is 0 Å². The number of carbonyl (C=O) groups is 1. The number of para-hydroxylation sites is 1. The molecule has 21 heavy (non-hydrogen) atoms. The van der Waals surface area contributed by atoms with Gasteiger partial charge in [-0.3, -0.25) is 4.79 Å². The van der Waals surface area contributed by atoms with Crippen molar-refractivity contribution >= 4 is 17.3 Å². The fourth-order valence-electron chi connectivity index (χ4n) is 2.55. The molecule has 0 saturated carbocycles. The van der Waals surface area contributed by atoms with Crippen molar-refractivity contribution in [3.63, 3.8) is 0 Å². The average Bonchev–Trinajstić information content (AvgIpc) is 2.67. The Bertz CT molecular complexity index is 528. The van der Waals surface area contributed by atoms with Crippen molar-refractivity contribution in [1.29, 1.82) is 0 Å². The summed E-state index contributed by atoms with van der Waals surface area (Å²) in [6, 6.07) is 7.97. The van der Waals surface area contributed by atoms with Crippen molar-refractivity contribution in [2.24, 2.45) is 5.16 Å². The Hall–Kier alpha value is -2.04. The molecular weight excluding hydrogens is 266 g/mol. The summed E-state index contributed by atoms with van der Waals surface area (Å²) in [6.45, 7) is 5.17. The minimum absolute atomic E-state index is 0.0311. The number of rotatable bonds is 4. The second-order valence-electron chi connectivity index (χ2n) is 5.47. The van der Waals surface area contributed by atoms with Gasteiger partial charge in [0.1, 0.15) is 0 Å². The standard InChI is InChI=1S/C16H23N3O2/c1-3-12(2)17-16(20)11-19-10-6-8-14(18-21)13-7-4-5-9-15(13)19/h4-5,7,9,12,21H,3,6,8,10-11H2,1-2H3,(H,17,20)/b18-14-. The van der Waals surface area contributed by atoms with E-state index in [4.69, 9.17) is 0 Å². The molecule has 1 heterocycles. The van der Waals surface area contributed by atoms with Gasteiger partial charge in [0.25, 0.3) is 0 Å². The molecule has 5 heteroatoms. The first kappa shape index (κ1) is 15.4. The molecule has 0 aromatic heterocycles. The average molecular weight is 289 g/mol. The number of carbonyl (C=O) groups excluding carboxylic acids is 1. The van der Waals surface area contributed by atoms with Crippen LogP contribution in [0.15, 0.2) is 29.4 Å². The third-order valence-electron chi connectivity index (χ3n) is 3.87. The van der Waals surface area contributed by atoms with E-state index in [1.165, 1.54) is 0 Å². The molecule has 1 aromatic carbocycles. The monoisotopic (exact) mass is 289 g/mol. The van der Waals surface area contributed by atoms with E-state index in [-0.39, 0.29) is 11.9 Å². The second kappa shape index (κ2) is 7.11. The molecule has 1 unspecified atom stereocenters. The van der Waals surface area contributed by atoms with Crippen molar-refractivity contribution in [3.05, 3.63) is 29.8 Å². The Morgan fingerprint density at radius 1 is 1.48 bits per heavy atom. The Kier molecular flexibility index (Phi) is 5.20. The highest BCUT2D eigenvalue weighted by molar-refractivity contribution is 6.05. The quantitative estimate of drug-likeness (QED) is 0.660. The molecule has 0 saturated heterocycles. The van der Waals surface area contributed by atoms with Crippen LogP contribution in [0.2, 0.25) is 0 Å². The van der Waals surface area contributed by atoms with Crippen LogP contribution in [0.3, 0.4) is 0 Å². The van der Waals surface area contributed by atoms with Gasteiger partial charge in [-0.15, -0.1) is 0 Å². The molecular formula is C16H23N3O2. The maximum atomic E-state index is 12.1. The molecule has 2 N–H and O–H groups in total. The van der Waals surface area contributed by atoms with Crippen LogP contribution in [-0.4, -0.2) is 36.0 Å². The van der Waals surface area contributed by atoms with E-state index in [1.54, 1.807) is 0 Å². The van der Waals surface area contributed by atoms with Crippen LogP contribution in [0.4, 0.5) is 5.69 Å². The van der Waals surface area contributed by atoms with Crippen molar-refractivity contribution in [2.75, 3.05) is 18.0 Å². The number of hydrogen-bond donors (Lipinski definition) is 2. The Labute approximate surface area is 125 Å². The predicted octanol–water partition coefficient (Wildman–Crippen LogP) is 2.38. The van der Waals surface area contributed by atoms with E-state index >= 15 is 0 Å². The minimum Gasteiger partial charge on any atom is -0.411 e. The molecule has 114 valence electrons. The van der Waals surface area contributed by atoms with Crippen LogP contribution in [0.5, 0.6) is 0 Å². The summed E-state index contributed by atoms with van der Waals surface area (Å²) in [6.07, 6.45) is 2.51. The summed E-state index contributed by atoms with van der Waals surface area (Å²) in [7, 11) is 0. The van der Waals surface area contributed by atoms with Crippen LogP contribution < -0.4 is 10.2 Å². The number of amides is 1. The molecule has 5 nitrogen and oxygen atoms in total. The van der Waals surface area contributed by atoms with Crippen LogP contribution >= 0.6 is 0 Å². The van der Waals surface area contributed by atoms with Gasteiger partial charge in [-0.25, -0.2) is 0 Å². The van der Waals surface area contributed by atoms with E-state index in [0.717, 1.165) is 37.1 Å². The Balaban J connectivity index is 2.18. The van der Waals surface area contributed by atoms with Gasteiger partial charge >= 0.3 is 0 Å². The number of hydrogen-bond acceptors (Lipinski definition) is 4. The number of benzene rings is 1. The lowest BCUT2D eigenvalue weighted by Gasteiger charge is -2.25. The van der Waals surface area contributed by atoms with E-state index < -0.39 is 0 Å². The molecule has 1 amide bonds. The highest BCUT2D eigenvalue weighted by Gasteiger charge is 2.21. The molecule has 1 aliphatic rings. The lowest BCUT2D eigenvalue weighted by Crippen LogP contribution is -2.41. The van der Waals surface area contributed by atoms with E-state index in [0.29, 0.717) is 12.3 Å². The highest BCUT2D eigenvalue weighted by atomic mass is 16.4. The summed E-state index contributed by atoms with van der Waals surface area (Å²) >= 11 is 0. The third-order valence-corrected chi connectivity index (χ3v) is 3.87. The van der Waals surface area contributed by atoms with Crippen LogP contribution in [-0.2, 0) is 4.79 Å². The molecule has 0 aliphatic carbocycles. The maximum Gasteiger partial charge on any atom is 0.239 e. The van der Waals surface area contributed by atoms with Crippen LogP contribution in [0.1, 0.15) is 38.7 Å².